The number of rotatable bonds is 4. The lowest BCUT2D eigenvalue weighted by molar-refractivity contribution is -0.883. The van der Waals surface area contributed by atoms with Crippen molar-refractivity contribution < 1.29 is 18.1 Å². The molecule has 3 rings (SSSR count). The summed E-state index contributed by atoms with van der Waals surface area (Å²) in [6.07, 6.45) is 0. The van der Waals surface area contributed by atoms with E-state index in [2.05, 4.69) is 11.8 Å². The average Bonchev–Trinajstić information content (AvgIpc) is 2.64. The minimum Gasteiger partial charge on any atom is -0.334 e. The van der Waals surface area contributed by atoms with Crippen molar-refractivity contribution >= 4 is 21.6 Å². The minimum atomic E-state index is -3.76. The third kappa shape index (κ3) is 4.48. The molecule has 0 aliphatic carbocycles. The second-order valence-electron chi connectivity index (χ2n) is 7.20. The van der Waals surface area contributed by atoms with Gasteiger partial charge in [0.1, 0.15) is 0 Å². The molecule has 2 aromatic rings. The predicted molar refractivity (Wildman–Crippen MR) is 106 cm³/mol. The molecule has 2 aromatic carbocycles. The lowest BCUT2D eigenvalue weighted by atomic mass is 10.1. The van der Waals surface area contributed by atoms with Gasteiger partial charge in [0, 0.05) is 11.3 Å². The lowest BCUT2D eigenvalue weighted by Crippen LogP contribution is -3.12. The van der Waals surface area contributed by atoms with Crippen molar-refractivity contribution in [1.82, 2.24) is 4.90 Å². The van der Waals surface area contributed by atoms with Crippen LogP contribution in [0.2, 0.25) is 0 Å². The second kappa shape index (κ2) is 7.70. The van der Waals surface area contributed by atoms with Crippen LogP contribution in [0.1, 0.15) is 21.5 Å². The molecular formula is C20H26N3O3S+. The van der Waals surface area contributed by atoms with Crippen molar-refractivity contribution in [3.05, 3.63) is 59.2 Å². The first-order chi connectivity index (χ1) is 12.8. The largest absolute Gasteiger partial charge is 0.334 e. The minimum absolute atomic E-state index is 0.0942. The Bertz CT molecular complexity index is 931. The first-order valence-electron chi connectivity index (χ1n) is 9.07. The maximum Gasteiger partial charge on any atom is 0.261 e. The molecule has 0 radical (unpaired) electrons. The summed E-state index contributed by atoms with van der Waals surface area (Å²) >= 11 is 0. The van der Waals surface area contributed by atoms with E-state index in [1.165, 1.54) is 17.0 Å². The van der Waals surface area contributed by atoms with E-state index in [0.717, 1.165) is 24.2 Å². The molecule has 1 amide bonds. The summed E-state index contributed by atoms with van der Waals surface area (Å²) in [7, 11) is -1.66. The van der Waals surface area contributed by atoms with Crippen LogP contribution in [-0.2, 0) is 10.0 Å². The Morgan fingerprint density at radius 3 is 2.30 bits per heavy atom. The monoisotopic (exact) mass is 388 g/mol. The molecule has 0 bridgehead atoms. The predicted octanol–water partition coefficient (Wildman–Crippen LogP) is 1.07. The van der Waals surface area contributed by atoms with Crippen LogP contribution < -0.4 is 9.62 Å². The van der Waals surface area contributed by atoms with Gasteiger partial charge in [0.2, 0.25) is 0 Å². The van der Waals surface area contributed by atoms with E-state index in [0.29, 0.717) is 24.3 Å². The number of nitrogens with one attached hydrogen (secondary N) is 2. The number of hydrogen-bond acceptors (Lipinski definition) is 3. The van der Waals surface area contributed by atoms with Crippen LogP contribution in [0.25, 0.3) is 0 Å². The van der Waals surface area contributed by atoms with E-state index >= 15 is 0 Å². The number of piperazine rings is 1. The highest BCUT2D eigenvalue weighted by molar-refractivity contribution is 7.92. The summed E-state index contributed by atoms with van der Waals surface area (Å²) in [5, 5.41) is 0. The van der Waals surface area contributed by atoms with E-state index in [9.17, 15) is 13.2 Å². The normalized spacial score (nSPS) is 15.6. The van der Waals surface area contributed by atoms with Gasteiger partial charge in [-0.1, -0.05) is 23.8 Å². The Balaban J connectivity index is 1.85. The number of anilines is 1. The van der Waals surface area contributed by atoms with E-state index in [4.69, 9.17) is 0 Å². The number of likely N-dealkylation sites (N-methyl/N-ethyl adjacent to an activating group) is 1. The number of quaternary nitrogens is 1. The molecule has 7 heteroatoms. The van der Waals surface area contributed by atoms with Gasteiger partial charge < -0.3 is 9.80 Å². The summed E-state index contributed by atoms with van der Waals surface area (Å²) in [6.45, 7) is 6.94. The smallest absolute Gasteiger partial charge is 0.261 e. The highest BCUT2D eigenvalue weighted by Crippen LogP contribution is 2.21. The third-order valence-corrected chi connectivity index (χ3v) is 6.34. The summed E-state index contributed by atoms with van der Waals surface area (Å²) in [5.74, 6) is -0.104. The lowest BCUT2D eigenvalue weighted by Gasteiger charge is -2.30. The first-order valence-corrected chi connectivity index (χ1v) is 10.6. The molecule has 144 valence electrons. The van der Waals surface area contributed by atoms with Crippen LogP contribution in [0, 0.1) is 13.8 Å². The topological polar surface area (TPSA) is 70.9 Å². The van der Waals surface area contributed by atoms with Crippen molar-refractivity contribution in [2.75, 3.05) is 37.9 Å². The van der Waals surface area contributed by atoms with Gasteiger partial charge in [-0.3, -0.25) is 9.52 Å². The van der Waals surface area contributed by atoms with Gasteiger partial charge in [-0.15, -0.1) is 0 Å². The van der Waals surface area contributed by atoms with Gasteiger partial charge in [-0.25, -0.2) is 8.42 Å². The summed E-state index contributed by atoms with van der Waals surface area (Å²) in [5.41, 5.74) is 2.77. The Kier molecular flexibility index (Phi) is 5.53. The number of hydrogen-bond donors (Lipinski definition) is 2. The fraction of sp³-hybridized carbons (Fsp3) is 0.350. The highest BCUT2D eigenvalue weighted by atomic mass is 32.2. The Morgan fingerprint density at radius 1 is 1.04 bits per heavy atom. The summed E-state index contributed by atoms with van der Waals surface area (Å²) in [6, 6.07) is 11.8. The Hall–Kier alpha value is -2.38. The molecule has 0 unspecified atom stereocenters. The number of benzene rings is 2. The van der Waals surface area contributed by atoms with Gasteiger partial charge in [0.25, 0.3) is 15.9 Å². The molecular weight excluding hydrogens is 362 g/mol. The fourth-order valence-corrected chi connectivity index (χ4v) is 4.18. The highest BCUT2D eigenvalue weighted by Gasteiger charge is 2.25. The second-order valence-corrected chi connectivity index (χ2v) is 8.88. The quantitative estimate of drug-likeness (QED) is 0.823. The third-order valence-electron chi connectivity index (χ3n) is 4.96. The van der Waals surface area contributed by atoms with Crippen molar-refractivity contribution in [2.24, 2.45) is 0 Å². The zero-order valence-electron chi connectivity index (χ0n) is 16.0. The zero-order chi connectivity index (χ0) is 19.6. The zero-order valence-corrected chi connectivity index (χ0v) is 16.8. The van der Waals surface area contributed by atoms with E-state index < -0.39 is 10.0 Å². The number of carbonyl (C=O) groups is 1. The molecule has 1 fully saturated rings. The van der Waals surface area contributed by atoms with Crippen molar-refractivity contribution in [1.29, 1.82) is 0 Å². The van der Waals surface area contributed by atoms with Crippen molar-refractivity contribution in [2.45, 2.75) is 18.7 Å². The molecule has 0 aromatic heterocycles. The van der Waals surface area contributed by atoms with E-state index in [1.807, 2.05) is 26.0 Å². The summed E-state index contributed by atoms with van der Waals surface area (Å²) in [4.78, 5) is 16.2. The van der Waals surface area contributed by atoms with Crippen molar-refractivity contribution in [3.8, 4) is 0 Å². The van der Waals surface area contributed by atoms with E-state index in [1.54, 1.807) is 23.1 Å². The van der Waals surface area contributed by atoms with Crippen LogP contribution in [0.3, 0.4) is 0 Å². The van der Waals surface area contributed by atoms with Gasteiger partial charge in [0.15, 0.2) is 0 Å². The fourth-order valence-electron chi connectivity index (χ4n) is 3.10. The molecule has 0 saturated carbocycles. The Labute approximate surface area is 160 Å². The molecule has 1 aliphatic rings. The summed E-state index contributed by atoms with van der Waals surface area (Å²) < 4.78 is 28.1. The molecule has 1 heterocycles. The van der Waals surface area contributed by atoms with Crippen LogP contribution in [0.4, 0.5) is 5.69 Å². The van der Waals surface area contributed by atoms with Gasteiger partial charge in [0.05, 0.1) is 38.1 Å². The molecule has 1 saturated heterocycles. The van der Waals surface area contributed by atoms with Gasteiger partial charge >= 0.3 is 0 Å². The Morgan fingerprint density at radius 2 is 1.67 bits per heavy atom. The molecule has 0 spiro atoms. The molecule has 0 atom stereocenters. The van der Waals surface area contributed by atoms with Crippen LogP contribution in [0.15, 0.2) is 47.4 Å². The van der Waals surface area contributed by atoms with Crippen LogP contribution >= 0.6 is 0 Å². The molecule has 6 nitrogen and oxygen atoms in total. The maximum atomic E-state index is 12.9. The van der Waals surface area contributed by atoms with Gasteiger partial charge in [-0.2, -0.15) is 0 Å². The molecule has 27 heavy (non-hydrogen) atoms. The number of amides is 1. The number of aryl methyl sites for hydroxylation is 2. The maximum absolute atomic E-state index is 12.9. The SMILES string of the molecule is Cc1ccc(NS(=O)(=O)c2ccc(C)c(C(=O)N3CC[NH+](C)CC3)c2)cc1. The molecule has 1 aliphatic heterocycles. The van der Waals surface area contributed by atoms with E-state index in [-0.39, 0.29) is 10.8 Å². The number of sulfonamides is 1. The van der Waals surface area contributed by atoms with Crippen LogP contribution in [0.5, 0.6) is 0 Å². The standard InChI is InChI=1S/C20H25N3O3S/c1-15-4-7-17(8-5-15)21-27(25,26)18-9-6-16(2)19(14-18)20(24)23-12-10-22(3)11-13-23/h4-9,14,21H,10-13H2,1-3H3/p+1. The number of nitrogens with zero attached hydrogens (tertiary/aromatic N) is 1. The van der Waals surface area contributed by atoms with Gasteiger partial charge in [-0.05, 0) is 43.7 Å². The first kappa shape index (κ1) is 19.4. The molecule has 2 N–H and O–H groups in total. The number of carbonyl (C=O) groups excluding carboxylic acids is 1. The van der Waals surface area contributed by atoms with Crippen LogP contribution in [-0.4, -0.2) is 52.5 Å². The van der Waals surface area contributed by atoms with Crippen molar-refractivity contribution in [3.63, 3.8) is 0 Å². The average molecular weight is 389 g/mol.